The number of amides is 1. The molecular weight excluding hydrogens is 540 g/mol. The molecule has 13 nitrogen and oxygen atoms in total. The molecule has 1 aliphatic carbocycles. The first kappa shape index (κ1) is 28.1. The predicted octanol–water partition coefficient (Wildman–Crippen LogP) is 2.70. The van der Waals surface area contributed by atoms with E-state index >= 15 is 4.39 Å². The Labute approximate surface area is 233 Å². The lowest BCUT2D eigenvalue weighted by Gasteiger charge is -2.47. The van der Waals surface area contributed by atoms with Gasteiger partial charge in [-0.2, -0.15) is 14.3 Å². The number of carbonyl (C=O) groups excluding carboxylic acids is 1. The van der Waals surface area contributed by atoms with Crippen LogP contribution in [0.2, 0.25) is 0 Å². The first-order valence-corrected chi connectivity index (χ1v) is 13.3. The highest BCUT2D eigenvalue weighted by molar-refractivity contribution is 5.80. The maximum atomic E-state index is 15.2. The van der Waals surface area contributed by atoms with Crippen molar-refractivity contribution < 1.29 is 23.5 Å². The summed E-state index contributed by atoms with van der Waals surface area (Å²) in [4.78, 5) is 43.5. The Balaban J connectivity index is 0.00000108. The van der Waals surface area contributed by atoms with Gasteiger partial charge in [0, 0.05) is 31.1 Å². The number of nitrogens with zero attached hydrogens (tertiary/aromatic N) is 7. The van der Waals surface area contributed by atoms with E-state index in [9.17, 15) is 14.0 Å². The van der Waals surface area contributed by atoms with Crippen LogP contribution in [0.1, 0.15) is 63.9 Å². The van der Waals surface area contributed by atoms with Gasteiger partial charge in [-0.1, -0.05) is 0 Å². The number of benzene rings is 1. The first-order valence-electron chi connectivity index (χ1n) is 13.3. The van der Waals surface area contributed by atoms with Gasteiger partial charge in [0.05, 0.1) is 17.6 Å². The zero-order valence-corrected chi connectivity index (χ0v) is 22.8. The molecule has 3 fully saturated rings. The number of carbonyl (C=O) groups is 2. The van der Waals surface area contributed by atoms with Crippen LogP contribution in [0, 0.1) is 11.6 Å². The van der Waals surface area contributed by atoms with Crippen LogP contribution in [0.25, 0.3) is 5.69 Å². The average molecular weight is 572 g/mol. The summed E-state index contributed by atoms with van der Waals surface area (Å²) in [7, 11) is 1.49. The molecule has 218 valence electrons. The van der Waals surface area contributed by atoms with Crippen LogP contribution in [0.3, 0.4) is 0 Å². The molecule has 3 N–H and O–H groups in total. The molecule has 2 aromatic heterocycles. The third-order valence-corrected chi connectivity index (χ3v) is 7.69. The normalized spacial score (nSPS) is 21.1. The summed E-state index contributed by atoms with van der Waals surface area (Å²) in [5.41, 5.74) is 0.317. The van der Waals surface area contributed by atoms with Crippen LogP contribution in [-0.2, 0) is 16.6 Å². The van der Waals surface area contributed by atoms with Crippen molar-refractivity contribution in [1.29, 1.82) is 0 Å². The van der Waals surface area contributed by atoms with E-state index in [2.05, 4.69) is 31.0 Å². The molecule has 1 amide bonds. The molecule has 1 saturated carbocycles. The lowest BCUT2D eigenvalue weighted by atomic mass is 9.84. The van der Waals surface area contributed by atoms with Gasteiger partial charge in [-0.3, -0.25) is 9.59 Å². The number of hydrogen-bond donors (Lipinski definition) is 3. The van der Waals surface area contributed by atoms with Gasteiger partial charge in [0.15, 0.2) is 11.6 Å². The van der Waals surface area contributed by atoms with E-state index in [4.69, 9.17) is 9.90 Å². The molecule has 2 atom stereocenters. The van der Waals surface area contributed by atoms with Gasteiger partial charge < -0.3 is 20.6 Å². The van der Waals surface area contributed by atoms with Crippen LogP contribution < -0.4 is 16.3 Å². The number of tetrazole rings is 1. The topological polar surface area (TPSA) is 160 Å². The summed E-state index contributed by atoms with van der Waals surface area (Å²) in [5, 5.41) is 20.6. The van der Waals surface area contributed by atoms with Gasteiger partial charge in [0.1, 0.15) is 5.82 Å². The molecule has 3 aliphatic rings. The lowest BCUT2D eigenvalue weighted by molar-refractivity contribution is -0.136. The number of piperidine rings is 1. The van der Waals surface area contributed by atoms with E-state index in [1.807, 2.05) is 18.7 Å². The quantitative estimate of drug-likeness (QED) is 0.375. The highest BCUT2D eigenvalue weighted by Crippen LogP contribution is 2.44. The van der Waals surface area contributed by atoms with Crippen molar-refractivity contribution in [2.24, 2.45) is 7.05 Å². The number of aromatic nitrogens is 6. The maximum absolute atomic E-state index is 15.2. The van der Waals surface area contributed by atoms with Crippen molar-refractivity contribution in [2.45, 2.75) is 75.9 Å². The van der Waals surface area contributed by atoms with E-state index < -0.39 is 17.3 Å². The summed E-state index contributed by atoms with van der Waals surface area (Å²) < 4.78 is 32.1. The van der Waals surface area contributed by atoms with Gasteiger partial charge in [-0.15, -0.1) is 0 Å². The third kappa shape index (κ3) is 5.60. The van der Waals surface area contributed by atoms with E-state index in [1.54, 1.807) is 0 Å². The molecule has 0 radical (unpaired) electrons. The number of fused-ring (bicyclic) bond motifs is 1. The number of halogens is 2. The van der Waals surface area contributed by atoms with Crippen molar-refractivity contribution in [2.75, 3.05) is 10.6 Å². The van der Waals surface area contributed by atoms with Crippen LogP contribution in [-0.4, -0.2) is 69.8 Å². The average Bonchev–Trinajstić information content (AvgIpc) is 3.61. The minimum absolute atomic E-state index is 0.00134. The largest absolute Gasteiger partial charge is 0.483 e. The van der Waals surface area contributed by atoms with Crippen molar-refractivity contribution in [3.05, 3.63) is 46.0 Å². The molecule has 2 unspecified atom stereocenters. The molecule has 3 aromatic rings. The van der Waals surface area contributed by atoms with Crippen LogP contribution >= 0.6 is 0 Å². The van der Waals surface area contributed by atoms with Gasteiger partial charge in [-0.05, 0) is 80.0 Å². The van der Waals surface area contributed by atoms with Crippen molar-refractivity contribution in [1.82, 2.24) is 34.7 Å². The molecule has 2 saturated heterocycles. The lowest BCUT2D eigenvalue weighted by Crippen LogP contribution is -2.57. The van der Waals surface area contributed by atoms with Gasteiger partial charge in [-0.25, -0.2) is 18.6 Å². The predicted molar refractivity (Wildman–Crippen MR) is 143 cm³/mol. The Kier molecular flexibility index (Phi) is 7.44. The SMILES string of the molecule is Cn1nnn(-c2cc(Nc3ncc(F)c(NC4CC5CCC(=O)N5C(C)(C)C4)n3)c(F)cc2C2CC2)c1=O.O=CO. The minimum Gasteiger partial charge on any atom is -0.483 e. The van der Waals surface area contributed by atoms with E-state index in [0.29, 0.717) is 30.5 Å². The zero-order valence-electron chi connectivity index (χ0n) is 22.8. The molecule has 41 heavy (non-hydrogen) atoms. The molecular formula is C26H31F2N9O4. The number of aryl methyl sites for hydroxylation is 1. The summed E-state index contributed by atoms with van der Waals surface area (Å²) in [6.07, 6.45) is 5.47. The van der Waals surface area contributed by atoms with E-state index in [1.165, 1.54) is 19.2 Å². The number of anilines is 3. The monoisotopic (exact) mass is 571 g/mol. The fourth-order valence-electron chi connectivity index (χ4n) is 5.91. The van der Waals surface area contributed by atoms with E-state index in [-0.39, 0.29) is 53.4 Å². The van der Waals surface area contributed by atoms with Gasteiger partial charge in [0.25, 0.3) is 6.47 Å². The maximum Gasteiger partial charge on any atom is 0.368 e. The third-order valence-electron chi connectivity index (χ3n) is 7.69. The minimum atomic E-state index is -0.630. The summed E-state index contributed by atoms with van der Waals surface area (Å²) >= 11 is 0. The van der Waals surface area contributed by atoms with Crippen molar-refractivity contribution in [3.63, 3.8) is 0 Å². The summed E-state index contributed by atoms with van der Waals surface area (Å²) in [5.74, 6) is -0.870. The molecule has 1 aromatic carbocycles. The number of hydrogen-bond acceptors (Lipinski definition) is 9. The van der Waals surface area contributed by atoms with Gasteiger partial charge in [0.2, 0.25) is 11.9 Å². The van der Waals surface area contributed by atoms with Crippen molar-refractivity contribution in [3.8, 4) is 5.69 Å². The number of nitrogens with one attached hydrogen (secondary N) is 2. The zero-order chi connectivity index (χ0) is 29.5. The Bertz CT molecular complexity index is 1540. The Morgan fingerprint density at radius 3 is 2.51 bits per heavy atom. The Hall–Kier alpha value is -4.43. The highest BCUT2D eigenvalue weighted by Gasteiger charge is 2.46. The molecule has 6 rings (SSSR count). The highest BCUT2D eigenvalue weighted by atomic mass is 19.1. The van der Waals surface area contributed by atoms with Crippen LogP contribution in [0.4, 0.5) is 26.2 Å². The van der Waals surface area contributed by atoms with Crippen LogP contribution in [0.5, 0.6) is 0 Å². The second kappa shape index (κ2) is 10.9. The first-order chi connectivity index (χ1) is 19.5. The fraction of sp³-hybridized carbons (Fsp3) is 0.500. The number of rotatable bonds is 6. The second-order valence-corrected chi connectivity index (χ2v) is 11.1. The number of carboxylic acid groups (broad SMARTS) is 1. The van der Waals surface area contributed by atoms with E-state index in [0.717, 1.165) is 34.8 Å². The summed E-state index contributed by atoms with van der Waals surface area (Å²) in [6.45, 7) is 3.79. The molecule has 4 heterocycles. The molecule has 2 aliphatic heterocycles. The Morgan fingerprint density at radius 1 is 1.12 bits per heavy atom. The standard InChI is InChI=1S/C25H29F2N9O2.CH2O2/c1-25(2)11-14(8-15-6-7-21(37)35(15)25)29-22-18(27)12-28-23(31-22)30-19-10-20(36-24(38)34(3)32-33-36)16(9-17(19)26)13-4-5-13;2-1-3/h9-10,12-15H,4-8,11H2,1-3H3,(H2,28,29,30,31);1H,(H,2,3). The van der Waals surface area contributed by atoms with Crippen LogP contribution in [0.15, 0.2) is 23.1 Å². The molecule has 15 heteroatoms. The Morgan fingerprint density at radius 2 is 1.85 bits per heavy atom. The van der Waals surface area contributed by atoms with Gasteiger partial charge >= 0.3 is 5.69 Å². The summed E-state index contributed by atoms with van der Waals surface area (Å²) in [6, 6.07) is 2.87. The molecule has 0 bridgehead atoms. The smallest absolute Gasteiger partial charge is 0.368 e. The molecule has 0 spiro atoms. The van der Waals surface area contributed by atoms with Crippen molar-refractivity contribution >= 4 is 29.8 Å². The fourth-order valence-corrected chi connectivity index (χ4v) is 5.91. The second-order valence-electron chi connectivity index (χ2n) is 11.1.